The van der Waals surface area contributed by atoms with E-state index in [0.717, 1.165) is 39.3 Å². The molecule has 0 aliphatic rings. The standard InChI is InChI=1S/C28H31N5O3S2/c1-7-33-25(19-10-12-20(13-11-19)32(4)5)30-31-28(33)38-16-23(34)29-26-24(27(35)36-6)22(15-37-26)21-14-17(2)8-9-18(21)3/h8-15H,7,16H2,1-6H3,(H,29,34). The van der Waals surface area contributed by atoms with E-state index in [1.165, 1.54) is 30.2 Å². The summed E-state index contributed by atoms with van der Waals surface area (Å²) in [4.78, 5) is 27.7. The molecule has 198 valence electrons. The fourth-order valence-corrected chi connectivity index (χ4v) is 5.84. The summed E-state index contributed by atoms with van der Waals surface area (Å²) in [7, 11) is 5.34. The number of methoxy groups -OCH3 is 1. The molecule has 0 aliphatic heterocycles. The quantitative estimate of drug-likeness (QED) is 0.206. The molecule has 0 saturated heterocycles. The van der Waals surface area contributed by atoms with Crippen LogP contribution in [0.1, 0.15) is 28.4 Å². The number of thioether (sulfide) groups is 1. The number of rotatable bonds is 9. The van der Waals surface area contributed by atoms with Crippen LogP contribution in [0.3, 0.4) is 0 Å². The summed E-state index contributed by atoms with van der Waals surface area (Å²) in [5.74, 6) is 0.151. The molecule has 0 atom stereocenters. The lowest BCUT2D eigenvalue weighted by Crippen LogP contribution is -2.16. The lowest BCUT2D eigenvalue weighted by Gasteiger charge is -2.13. The fourth-order valence-electron chi connectivity index (χ4n) is 4.07. The van der Waals surface area contributed by atoms with Gasteiger partial charge in [-0.2, -0.15) is 0 Å². The second-order valence-corrected chi connectivity index (χ2v) is 10.8. The molecular formula is C28H31N5O3S2. The fraction of sp³-hybridized carbons (Fsp3) is 0.286. The molecule has 1 amide bonds. The SMILES string of the molecule is CCn1c(SCC(=O)Nc2scc(-c3cc(C)ccc3C)c2C(=O)OC)nnc1-c1ccc(N(C)C)cc1. The van der Waals surface area contributed by atoms with Crippen LogP contribution < -0.4 is 10.2 Å². The maximum absolute atomic E-state index is 13.0. The average molecular weight is 550 g/mol. The Balaban J connectivity index is 1.51. The Morgan fingerprint density at radius 2 is 1.82 bits per heavy atom. The first-order valence-electron chi connectivity index (χ1n) is 12.1. The Labute approximate surface area is 231 Å². The highest BCUT2D eigenvalue weighted by molar-refractivity contribution is 7.99. The molecule has 2 aromatic carbocycles. The molecule has 0 saturated carbocycles. The minimum Gasteiger partial charge on any atom is -0.465 e. The second kappa shape index (κ2) is 11.8. The van der Waals surface area contributed by atoms with Crippen molar-refractivity contribution in [3.05, 3.63) is 64.5 Å². The zero-order valence-corrected chi connectivity index (χ0v) is 24.0. The number of ether oxygens (including phenoxy) is 1. The zero-order chi connectivity index (χ0) is 27.4. The van der Waals surface area contributed by atoms with Crippen molar-refractivity contribution in [1.82, 2.24) is 14.8 Å². The molecule has 1 N–H and O–H groups in total. The van der Waals surface area contributed by atoms with Crippen LogP contribution in [-0.4, -0.2) is 53.6 Å². The molecular weight excluding hydrogens is 518 g/mol. The summed E-state index contributed by atoms with van der Waals surface area (Å²) in [6, 6.07) is 14.2. The van der Waals surface area contributed by atoms with Crippen molar-refractivity contribution in [3.8, 4) is 22.5 Å². The highest BCUT2D eigenvalue weighted by Crippen LogP contribution is 2.38. The van der Waals surface area contributed by atoms with Gasteiger partial charge < -0.3 is 19.5 Å². The van der Waals surface area contributed by atoms with Gasteiger partial charge in [-0.1, -0.05) is 35.5 Å². The van der Waals surface area contributed by atoms with E-state index >= 15 is 0 Å². The summed E-state index contributed by atoms with van der Waals surface area (Å²) in [6.07, 6.45) is 0. The first-order chi connectivity index (χ1) is 18.2. The van der Waals surface area contributed by atoms with E-state index in [1.54, 1.807) is 0 Å². The number of anilines is 2. The maximum atomic E-state index is 13.0. The third-order valence-corrected chi connectivity index (χ3v) is 7.99. The second-order valence-electron chi connectivity index (χ2n) is 8.99. The number of aromatic nitrogens is 3. The van der Waals surface area contributed by atoms with Gasteiger partial charge in [-0.15, -0.1) is 21.5 Å². The molecule has 0 spiro atoms. The van der Waals surface area contributed by atoms with Crippen molar-refractivity contribution in [2.75, 3.05) is 37.2 Å². The van der Waals surface area contributed by atoms with Crippen molar-refractivity contribution < 1.29 is 14.3 Å². The minimum absolute atomic E-state index is 0.120. The summed E-state index contributed by atoms with van der Waals surface area (Å²) in [6.45, 7) is 6.69. The van der Waals surface area contributed by atoms with Crippen LogP contribution in [0.4, 0.5) is 10.7 Å². The topological polar surface area (TPSA) is 89.3 Å². The largest absolute Gasteiger partial charge is 0.465 e. The number of amides is 1. The summed E-state index contributed by atoms with van der Waals surface area (Å²) >= 11 is 2.62. The molecule has 0 fully saturated rings. The molecule has 2 heterocycles. The third kappa shape index (κ3) is 5.76. The van der Waals surface area contributed by atoms with Crippen molar-refractivity contribution in [2.24, 2.45) is 0 Å². The molecule has 4 rings (SSSR count). The van der Waals surface area contributed by atoms with Gasteiger partial charge in [0.25, 0.3) is 0 Å². The molecule has 0 aliphatic carbocycles. The van der Waals surface area contributed by atoms with Crippen LogP contribution in [0.2, 0.25) is 0 Å². The van der Waals surface area contributed by atoms with E-state index < -0.39 is 5.97 Å². The van der Waals surface area contributed by atoms with Gasteiger partial charge in [0.1, 0.15) is 10.6 Å². The monoisotopic (exact) mass is 549 g/mol. The normalized spacial score (nSPS) is 10.9. The van der Waals surface area contributed by atoms with E-state index in [0.29, 0.717) is 22.3 Å². The minimum atomic E-state index is -0.485. The molecule has 0 unspecified atom stereocenters. The number of carbonyl (C=O) groups is 2. The van der Waals surface area contributed by atoms with Gasteiger partial charge in [0.2, 0.25) is 5.91 Å². The lowest BCUT2D eigenvalue weighted by molar-refractivity contribution is -0.113. The van der Waals surface area contributed by atoms with E-state index in [2.05, 4.69) is 15.5 Å². The van der Waals surface area contributed by atoms with Crippen LogP contribution in [0.15, 0.2) is 53.0 Å². The molecule has 0 radical (unpaired) electrons. The van der Waals surface area contributed by atoms with Crippen molar-refractivity contribution >= 4 is 45.7 Å². The number of nitrogens with zero attached hydrogens (tertiary/aromatic N) is 4. The van der Waals surface area contributed by atoms with Gasteiger partial charge >= 0.3 is 5.97 Å². The van der Waals surface area contributed by atoms with Crippen LogP contribution in [-0.2, 0) is 16.1 Å². The Bertz CT molecular complexity index is 1460. The maximum Gasteiger partial charge on any atom is 0.341 e. The number of aryl methyl sites for hydroxylation is 2. The third-order valence-electron chi connectivity index (χ3n) is 6.12. The first kappa shape index (κ1) is 27.4. The molecule has 8 nitrogen and oxygen atoms in total. The Kier molecular flexibility index (Phi) is 8.53. The molecule has 10 heteroatoms. The van der Waals surface area contributed by atoms with Crippen molar-refractivity contribution in [2.45, 2.75) is 32.5 Å². The van der Waals surface area contributed by atoms with Crippen LogP contribution >= 0.6 is 23.1 Å². The summed E-state index contributed by atoms with van der Waals surface area (Å²) < 4.78 is 7.05. The number of thiophene rings is 1. The van der Waals surface area contributed by atoms with Crippen molar-refractivity contribution in [1.29, 1.82) is 0 Å². The number of nitrogens with one attached hydrogen (secondary N) is 1. The highest BCUT2D eigenvalue weighted by atomic mass is 32.2. The Morgan fingerprint density at radius 3 is 2.47 bits per heavy atom. The van der Waals surface area contributed by atoms with Crippen LogP contribution in [0.25, 0.3) is 22.5 Å². The van der Waals surface area contributed by atoms with Gasteiger partial charge in [-0.3, -0.25) is 4.79 Å². The molecule has 38 heavy (non-hydrogen) atoms. The van der Waals surface area contributed by atoms with Gasteiger partial charge in [0.15, 0.2) is 11.0 Å². The number of carbonyl (C=O) groups excluding carboxylic acids is 2. The van der Waals surface area contributed by atoms with Gasteiger partial charge in [0.05, 0.1) is 12.9 Å². The molecule has 4 aromatic rings. The van der Waals surface area contributed by atoms with E-state index in [1.807, 2.05) is 92.2 Å². The number of hydrogen-bond acceptors (Lipinski definition) is 8. The first-order valence-corrected chi connectivity index (χ1v) is 14.0. The summed E-state index contributed by atoms with van der Waals surface area (Å²) in [5.41, 5.74) is 6.25. The predicted octanol–water partition coefficient (Wildman–Crippen LogP) is 5.89. The zero-order valence-electron chi connectivity index (χ0n) is 22.4. The number of benzene rings is 2. The average Bonchev–Trinajstić information content (AvgIpc) is 3.52. The Hall–Kier alpha value is -3.63. The van der Waals surface area contributed by atoms with Gasteiger partial charge in [0, 0.05) is 42.8 Å². The van der Waals surface area contributed by atoms with E-state index in [-0.39, 0.29) is 11.7 Å². The highest BCUT2D eigenvalue weighted by Gasteiger charge is 2.24. The van der Waals surface area contributed by atoms with Crippen LogP contribution in [0.5, 0.6) is 0 Å². The lowest BCUT2D eigenvalue weighted by atomic mass is 9.97. The van der Waals surface area contributed by atoms with Gasteiger partial charge in [-0.25, -0.2) is 4.79 Å². The smallest absolute Gasteiger partial charge is 0.341 e. The summed E-state index contributed by atoms with van der Waals surface area (Å²) in [5, 5.41) is 14.6. The van der Waals surface area contributed by atoms with E-state index in [9.17, 15) is 9.59 Å². The number of esters is 1. The molecule has 0 bridgehead atoms. The Morgan fingerprint density at radius 1 is 1.08 bits per heavy atom. The van der Waals surface area contributed by atoms with Gasteiger partial charge in [-0.05, 0) is 56.2 Å². The predicted molar refractivity (Wildman–Crippen MR) is 155 cm³/mol. The van der Waals surface area contributed by atoms with E-state index in [4.69, 9.17) is 4.74 Å². The number of hydrogen-bond donors (Lipinski definition) is 1. The van der Waals surface area contributed by atoms with Crippen LogP contribution in [0, 0.1) is 13.8 Å². The molecule has 2 aromatic heterocycles. The van der Waals surface area contributed by atoms with Crippen molar-refractivity contribution in [3.63, 3.8) is 0 Å².